The van der Waals surface area contributed by atoms with E-state index in [1.165, 1.54) is 0 Å². The van der Waals surface area contributed by atoms with Crippen LogP contribution in [-0.4, -0.2) is 63.9 Å². The molecule has 3 aromatic rings. The van der Waals surface area contributed by atoms with Gasteiger partial charge in [0.25, 0.3) is 0 Å². The van der Waals surface area contributed by atoms with Gasteiger partial charge in [0.05, 0.1) is 12.5 Å². The van der Waals surface area contributed by atoms with E-state index >= 15 is 0 Å². The number of hydrogen-bond donors (Lipinski definition) is 7. The number of primary amides is 1. The molecule has 0 aliphatic carbocycles. The summed E-state index contributed by atoms with van der Waals surface area (Å²) in [7, 11) is 0. The first-order chi connectivity index (χ1) is 19.9. The number of rotatable bonds is 15. The fraction of sp³-hybridized carbons (Fsp3) is 0.367. The molecule has 12 heteroatoms. The minimum absolute atomic E-state index is 0.0110. The third-order valence-electron chi connectivity index (χ3n) is 6.73. The molecule has 3 rings (SSSR count). The summed E-state index contributed by atoms with van der Waals surface area (Å²) >= 11 is 0. The van der Waals surface area contributed by atoms with Crippen molar-refractivity contribution in [1.29, 1.82) is 0 Å². The second kappa shape index (κ2) is 14.8. The number of carbonyl (C=O) groups excluding carboxylic acids is 4. The molecular weight excluding hydrogens is 540 g/mol. The Kier molecular flexibility index (Phi) is 11.2. The Morgan fingerprint density at radius 2 is 1.38 bits per heavy atom. The van der Waals surface area contributed by atoms with Crippen LogP contribution in [0.25, 0.3) is 10.9 Å². The summed E-state index contributed by atoms with van der Waals surface area (Å²) in [6.45, 7) is 3.68. The highest BCUT2D eigenvalue weighted by Crippen LogP contribution is 2.19. The number of carbonyl (C=O) groups is 5. The third kappa shape index (κ3) is 9.16. The molecular formula is C30H38N6O6. The number of fused-ring (bicyclic) bond motifs is 1. The molecule has 12 nitrogen and oxygen atoms in total. The number of para-hydroxylation sites is 1. The van der Waals surface area contributed by atoms with Crippen LogP contribution in [0.1, 0.15) is 37.8 Å². The molecule has 224 valence electrons. The Labute approximate surface area is 243 Å². The quantitative estimate of drug-likeness (QED) is 0.137. The van der Waals surface area contributed by atoms with Crippen molar-refractivity contribution in [3.8, 4) is 0 Å². The van der Waals surface area contributed by atoms with Crippen molar-refractivity contribution in [3.63, 3.8) is 0 Å². The van der Waals surface area contributed by atoms with E-state index < -0.39 is 60.2 Å². The van der Waals surface area contributed by atoms with Gasteiger partial charge in [-0.1, -0.05) is 62.4 Å². The molecule has 4 amide bonds. The number of nitrogens with two attached hydrogens (primary N) is 2. The molecule has 0 fully saturated rings. The van der Waals surface area contributed by atoms with E-state index in [0.29, 0.717) is 0 Å². The van der Waals surface area contributed by atoms with Gasteiger partial charge >= 0.3 is 5.97 Å². The largest absolute Gasteiger partial charge is 0.480 e. The number of aromatic amines is 1. The number of aliphatic carboxylic acids is 1. The van der Waals surface area contributed by atoms with Crippen LogP contribution in [-0.2, 0) is 36.8 Å². The van der Waals surface area contributed by atoms with Gasteiger partial charge in [0.1, 0.15) is 18.1 Å². The number of aromatic nitrogens is 1. The highest BCUT2D eigenvalue weighted by atomic mass is 16.4. The summed E-state index contributed by atoms with van der Waals surface area (Å²) in [5.41, 5.74) is 13.3. The Bertz CT molecular complexity index is 1410. The molecule has 4 unspecified atom stereocenters. The fourth-order valence-electron chi connectivity index (χ4n) is 4.61. The lowest BCUT2D eigenvalue weighted by atomic mass is 10.00. The zero-order chi connectivity index (χ0) is 30.8. The van der Waals surface area contributed by atoms with Crippen LogP contribution in [0, 0.1) is 5.92 Å². The predicted molar refractivity (Wildman–Crippen MR) is 157 cm³/mol. The lowest BCUT2D eigenvalue weighted by molar-refractivity contribution is -0.142. The van der Waals surface area contributed by atoms with Gasteiger partial charge in [-0.15, -0.1) is 0 Å². The van der Waals surface area contributed by atoms with Crippen LogP contribution >= 0.6 is 0 Å². The molecule has 0 spiro atoms. The summed E-state index contributed by atoms with van der Waals surface area (Å²) in [6, 6.07) is 11.6. The van der Waals surface area contributed by atoms with Crippen molar-refractivity contribution >= 4 is 40.5 Å². The van der Waals surface area contributed by atoms with Crippen molar-refractivity contribution in [1.82, 2.24) is 20.9 Å². The monoisotopic (exact) mass is 578 g/mol. The zero-order valence-corrected chi connectivity index (χ0v) is 23.6. The second-order valence-corrected chi connectivity index (χ2v) is 10.7. The third-order valence-corrected chi connectivity index (χ3v) is 6.73. The molecule has 0 aliphatic heterocycles. The predicted octanol–water partition coefficient (Wildman–Crippen LogP) is 0.741. The first-order valence-electron chi connectivity index (χ1n) is 13.7. The van der Waals surface area contributed by atoms with Crippen molar-refractivity contribution in [2.45, 2.75) is 63.7 Å². The van der Waals surface area contributed by atoms with E-state index in [1.54, 1.807) is 36.5 Å². The standard InChI is InChI=1S/C30H38N6O6/c1-17(2)12-25(30(41)42)36-29(40)24(14-19-16-33-22-11-7-6-10-20(19)22)35-28(39)23(13-18-8-4-3-5-9-18)34-27(38)21(31)15-26(32)37/h3-11,16-17,21,23-25,33H,12-15,31H2,1-2H3,(H2,32,37)(H,34,38)(H,35,39)(H,36,40)(H,41,42). The van der Waals surface area contributed by atoms with Gasteiger partial charge in [0.2, 0.25) is 23.6 Å². The number of carboxylic acids is 1. The lowest BCUT2D eigenvalue weighted by Crippen LogP contribution is -2.58. The molecule has 0 saturated heterocycles. The molecule has 1 heterocycles. The average Bonchev–Trinajstić information content (AvgIpc) is 3.34. The van der Waals surface area contributed by atoms with Gasteiger partial charge in [-0.25, -0.2) is 4.79 Å². The summed E-state index contributed by atoms with van der Waals surface area (Å²) in [5, 5.41) is 18.4. The van der Waals surface area contributed by atoms with Crippen LogP contribution in [0.3, 0.4) is 0 Å². The molecule has 4 atom stereocenters. The van der Waals surface area contributed by atoms with Gasteiger partial charge in [0.15, 0.2) is 0 Å². The summed E-state index contributed by atoms with van der Waals surface area (Å²) < 4.78 is 0. The van der Waals surface area contributed by atoms with Crippen molar-refractivity contribution in [2.24, 2.45) is 17.4 Å². The molecule has 2 aromatic carbocycles. The number of carboxylic acid groups (broad SMARTS) is 1. The maximum atomic E-state index is 13.7. The molecule has 9 N–H and O–H groups in total. The second-order valence-electron chi connectivity index (χ2n) is 10.7. The van der Waals surface area contributed by atoms with Crippen molar-refractivity contribution in [2.75, 3.05) is 0 Å². The van der Waals surface area contributed by atoms with E-state index in [0.717, 1.165) is 22.0 Å². The number of hydrogen-bond acceptors (Lipinski definition) is 6. The number of amides is 4. The van der Waals surface area contributed by atoms with Gasteiger partial charge in [0, 0.05) is 29.9 Å². The van der Waals surface area contributed by atoms with Crippen molar-refractivity contribution in [3.05, 3.63) is 71.9 Å². The normalized spacial score (nSPS) is 14.0. The fourth-order valence-corrected chi connectivity index (χ4v) is 4.61. The number of benzene rings is 2. The molecule has 0 bridgehead atoms. The highest BCUT2D eigenvalue weighted by molar-refractivity contribution is 5.95. The maximum Gasteiger partial charge on any atom is 0.326 e. The first kappa shape index (κ1) is 31.8. The average molecular weight is 579 g/mol. The van der Waals surface area contributed by atoms with Crippen LogP contribution < -0.4 is 27.4 Å². The van der Waals surface area contributed by atoms with Gasteiger partial charge in [-0.05, 0) is 29.5 Å². The van der Waals surface area contributed by atoms with E-state index in [9.17, 15) is 29.1 Å². The molecule has 0 saturated carbocycles. The summed E-state index contributed by atoms with van der Waals surface area (Å²) in [6.07, 6.45) is 1.62. The Morgan fingerprint density at radius 3 is 2.00 bits per heavy atom. The topological polar surface area (TPSA) is 210 Å². The number of H-pyrrole nitrogens is 1. The van der Waals surface area contributed by atoms with Crippen LogP contribution in [0.5, 0.6) is 0 Å². The molecule has 0 radical (unpaired) electrons. The van der Waals surface area contributed by atoms with Crippen LogP contribution in [0.4, 0.5) is 0 Å². The SMILES string of the molecule is CC(C)CC(NC(=O)C(Cc1c[nH]c2ccccc12)NC(=O)C(Cc1ccccc1)NC(=O)C(N)CC(N)=O)C(=O)O. The van der Waals surface area contributed by atoms with Gasteiger partial charge in [-0.3, -0.25) is 19.2 Å². The van der Waals surface area contributed by atoms with Gasteiger partial charge < -0.3 is 37.5 Å². The maximum absolute atomic E-state index is 13.7. The van der Waals surface area contributed by atoms with E-state index in [-0.39, 0.29) is 25.2 Å². The van der Waals surface area contributed by atoms with Gasteiger partial charge in [-0.2, -0.15) is 0 Å². The Balaban J connectivity index is 1.90. The lowest BCUT2D eigenvalue weighted by Gasteiger charge is -2.25. The van der Waals surface area contributed by atoms with Crippen LogP contribution in [0.15, 0.2) is 60.8 Å². The minimum atomic E-state index is -1.27. The Hall–Kier alpha value is -4.71. The molecule has 0 aliphatic rings. The van der Waals surface area contributed by atoms with Crippen LogP contribution in [0.2, 0.25) is 0 Å². The minimum Gasteiger partial charge on any atom is -0.480 e. The zero-order valence-electron chi connectivity index (χ0n) is 23.6. The molecule has 42 heavy (non-hydrogen) atoms. The van der Waals surface area contributed by atoms with E-state index in [4.69, 9.17) is 11.5 Å². The highest BCUT2D eigenvalue weighted by Gasteiger charge is 2.31. The first-order valence-corrected chi connectivity index (χ1v) is 13.7. The smallest absolute Gasteiger partial charge is 0.326 e. The molecule has 1 aromatic heterocycles. The number of nitrogens with one attached hydrogen (secondary N) is 4. The van der Waals surface area contributed by atoms with E-state index in [1.807, 2.05) is 38.1 Å². The summed E-state index contributed by atoms with van der Waals surface area (Å²) in [4.78, 5) is 66.2. The van der Waals surface area contributed by atoms with Crippen molar-refractivity contribution < 1.29 is 29.1 Å². The summed E-state index contributed by atoms with van der Waals surface area (Å²) in [5.74, 6) is -4.10. The Morgan fingerprint density at radius 1 is 0.810 bits per heavy atom. The van der Waals surface area contributed by atoms with E-state index in [2.05, 4.69) is 20.9 Å².